The Kier molecular flexibility index (Phi) is 4.33. The van der Waals surface area contributed by atoms with Crippen LogP contribution in [0.15, 0.2) is 29.6 Å². The Balaban J connectivity index is 2.04. The predicted octanol–water partition coefficient (Wildman–Crippen LogP) is 2.92. The van der Waals surface area contributed by atoms with Gasteiger partial charge in [0.1, 0.15) is 17.4 Å². The quantitative estimate of drug-likeness (QED) is 0.901. The fourth-order valence-corrected chi connectivity index (χ4v) is 2.45. The fourth-order valence-electron chi connectivity index (χ4n) is 1.77. The van der Waals surface area contributed by atoms with Gasteiger partial charge in [-0.05, 0) is 31.9 Å². The van der Waals surface area contributed by atoms with Crippen molar-refractivity contribution in [2.45, 2.75) is 32.9 Å². The van der Waals surface area contributed by atoms with Crippen LogP contribution in [-0.4, -0.2) is 11.0 Å². The third-order valence-corrected chi connectivity index (χ3v) is 3.47. The second-order valence-electron chi connectivity index (χ2n) is 4.46. The molecule has 0 saturated heterocycles. The highest BCUT2D eigenvalue weighted by Crippen LogP contribution is 2.21. The molecule has 1 unspecified atom stereocenters. The van der Waals surface area contributed by atoms with Crippen LogP contribution in [0.4, 0.5) is 0 Å². The molecule has 0 saturated carbocycles. The zero-order chi connectivity index (χ0) is 13.0. The SMILES string of the molecule is Cc1csc(COc2ccccc2CC(C)N)n1. The number of aromatic nitrogens is 1. The van der Waals surface area contributed by atoms with E-state index in [9.17, 15) is 0 Å². The van der Waals surface area contributed by atoms with Crippen molar-refractivity contribution >= 4 is 11.3 Å². The zero-order valence-electron chi connectivity index (χ0n) is 10.7. The van der Waals surface area contributed by atoms with E-state index in [0.29, 0.717) is 6.61 Å². The first-order valence-electron chi connectivity index (χ1n) is 6.02. The highest BCUT2D eigenvalue weighted by Gasteiger charge is 2.06. The van der Waals surface area contributed by atoms with Crippen LogP contribution in [0.5, 0.6) is 5.75 Å². The first-order valence-corrected chi connectivity index (χ1v) is 6.90. The molecule has 0 spiro atoms. The molecule has 4 heteroatoms. The number of thiazole rings is 1. The van der Waals surface area contributed by atoms with Gasteiger partial charge in [-0.15, -0.1) is 11.3 Å². The van der Waals surface area contributed by atoms with Crippen LogP contribution in [0, 0.1) is 6.92 Å². The third-order valence-electron chi connectivity index (χ3n) is 2.53. The molecule has 1 aromatic heterocycles. The Labute approximate surface area is 112 Å². The van der Waals surface area contributed by atoms with Gasteiger partial charge in [0.25, 0.3) is 0 Å². The molecule has 2 aromatic rings. The van der Waals surface area contributed by atoms with E-state index in [2.05, 4.69) is 11.1 Å². The molecule has 3 nitrogen and oxygen atoms in total. The minimum absolute atomic E-state index is 0.136. The lowest BCUT2D eigenvalue weighted by Gasteiger charge is -2.12. The van der Waals surface area contributed by atoms with Crippen LogP contribution >= 0.6 is 11.3 Å². The number of hydrogen-bond donors (Lipinski definition) is 1. The number of para-hydroxylation sites is 1. The standard InChI is InChI=1S/C14H18N2OS/c1-10(15)7-12-5-3-4-6-13(12)17-8-14-16-11(2)9-18-14/h3-6,9-10H,7-8,15H2,1-2H3. The summed E-state index contributed by atoms with van der Waals surface area (Å²) in [5.41, 5.74) is 8.04. The van der Waals surface area contributed by atoms with Crippen molar-refractivity contribution in [1.82, 2.24) is 4.98 Å². The maximum atomic E-state index is 5.84. The second kappa shape index (κ2) is 5.98. The molecule has 0 fully saturated rings. The van der Waals surface area contributed by atoms with Gasteiger partial charge >= 0.3 is 0 Å². The highest BCUT2D eigenvalue weighted by molar-refractivity contribution is 7.09. The molecule has 1 atom stereocenters. The van der Waals surface area contributed by atoms with Crippen molar-refractivity contribution in [3.05, 3.63) is 45.9 Å². The predicted molar refractivity (Wildman–Crippen MR) is 75.0 cm³/mol. The Morgan fingerprint density at radius 1 is 1.39 bits per heavy atom. The maximum Gasteiger partial charge on any atom is 0.140 e. The molecular weight excluding hydrogens is 244 g/mol. The molecule has 0 aliphatic heterocycles. The van der Waals surface area contributed by atoms with Gasteiger partial charge in [-0.2, -0.15) is 0 Å². The summed E-state index contributed by atoms with van der Waals surface area (Å²) in [4.78, 5) is 4.39. The average Bonchev–Trinajstić information content (AvgIpc) is 2.73. The lowest BCUT2D eigenvalue weighted by Crippen LogP contribution is -2.18. The lowest BCUT2D eigenvalue weighted by molar-refractivity contribution is 0.301. The summed E-state index contributed by atoms with van der Waals surface area (Å²) in [7, 11) is 0. The minimum atomic E-state index is 0.136. The van der Waals surface area contributed by atoms with Crippen molar-refractivity contribution in [2.75, 3.05) is 0 Å². The van der Waals surface area contributed by atoms with Gasteiger partial charge < -0.3 is 10.5 Å². The Hall–Kier alpha value is -1.39. The third kappa shape index (κ3) is 3.55. The van der Waals surface area contributed by atoms with Crippen molar-refractivity contribution in [3.8, 4) is 5.75 Å². The second-order valence-corrected chi connectivity index (χ2v) is 5.40. The molecule has 0 aliphatic carbocycles. The summed E-state index contributed by atoms with van der Waals surface area (Å²) in [6.07, 6.45) is 0.826. The lowest BCUT2D eigenvalue weighted by atomic mass is 10.1. The molecule has 1 heterocycles. The zero-order valence-corrected chi connectivity index (χ0v) is 11.5. The number of nitrogens with two attached hydrogens (primary N) is 1. The van der Waals surface area contributed by atoms with Crippen LogP contribution in [0.1, 0.15) is 23.2 Å². The van der Waals surface area contributed by atoms with Gasteiger partial charge in [0, 0.05) is 17.1 Å². The first-order chi connectivity index (χ1) is 8.65. The van der Waals surface area contributed by atoms with Crippen LogP contribution in [0.25, 0.3) is 0 Å². The molecule has 2 rings (SSSR count). The summed E-state index contributed by atoms with van der Waals surface area (Å²) >= 11 is 1.63. The molecule has 0 amide bonds. The van der Waals surface area contributed by atoms with Crippen LogP contribution in [0.3, 0.4) is 0 Å². The monoisotopic (exact) mass is 262 g/mol. The maximum absolute atomic E-state index is 5.84. The summed E-state index contributed by atoms with van der Waals surface area (Å²) < 4.78 is 5.83. The Bertz CT molecular complexity index is 508. The number of rotatable bonds is 5. The molecular formula is C14H18N2OS. The van der Waals surface area contributed by atoms with Gasteiger partial charge in [0.15, 0.2) is 0 Å². The smallest absolute Gasteiger partial charge is 0.140 e. The van der Waals surface area contributed by atoms with E-state index < -0.39 is 0 Å². The van der Waals surface area contributed by atoms with Crippen LogP contribution < -0.4 is 10.5 Å². The number of hydrogen-bond acceptors (Lipinski definition) is 4. The Morgan fingerprint density at radius 3 is 2.83 bits per heavy atom. The van der Waals surface area contributed by atoms with Crippen LogP contribution in [-0.2, 0) is 13.0 Å². The number of nitrogens with zero attached hydrogens (tertiary/aromatic N) is 1. The van der Waals surface area contributed by atoms with Crippen LogP contribution in [0.2, 0.25) is 0 Å². The van der Waals surface area contributed by atoms with Crippen molar-refractivity contribution < 1.29 is 4.74 Å². The first kappa shape index (κ1) is 13.1. The number of aryl methyl sites for hydroxylation is 1. The van der Waals surface area contributed by atoms with E-state index in [0.717, 1.165) is 28.4 Å². The summed E-state index contributed by atoms with van der Waals surface area (Å²) in [6, 6.07) is 8.17. The highest BCUT2D eigenvalue weighted by atomic mass is 32.1. The van der Waals surface area contributed by atoms with E-state index >= 15 is 0 Å². The van der Waals surface area contributed by atoms with E-state index in [-0.39, 0.29) is 6.04 Å². The van der Waals surface area contributed by atoms with Crippen molar-refractivity contribution in [1.29, 1.82) is 0 Å². The van der Waals surface area contributed by atoms with E-state index in [1.165, 1.54) is 0 Å². The fraction of sp³-hybridized carbons (Fsp3) is 0.357. The average molecular weight is 262 g/mol. The van der Waals surface area contributed by atoms with Crippen molar-refractivity contribution in [2.24, 2.45) is 5.73 Å². The minimum Gasteiger partial charge on any atom is -0.486 e. The normalized spacial score (nSPS) is 12.4. The van der Waals surface area contributed by atoms with Gasteiger partial charge in [-0.3, -0.25) is 0 Å². The Morgan fingerprint density at radius 2 is 2.17 bits per heavy atom. The molecule has 0 radical (unpaired) electrons. The number of benzene rings is 1. The summed E-state index contributed by atoms with van der Waals surface area (Å²) in [6.45, 7) is 4.51. The number of ether oxygens (including phenoxy) is 1. The summed E-state index contributed by atoms with van der Waals surface area (Å²) in [5.74, 6) is 0.905. The van der Waals surface area contributed by atoms with E-state index in [4.69, 9.17) is 10.5 Å². The van der Waals surface area contributed by atoms with Gasteiger partial charge in [-0.25, -0.2) is 4.98 Å². The molecule has 96 valence electrons. The van der Waals surface area contributed by atoms with E-state index in [1.54, 1.807) is 11.3 Å². The van der Waals surface area contributed by atoms with E-state index in [1.807, 2.05) is 37.4 Å². The van der Waals surface area contributed by atoms with Gasteiger partial charge in [0.05, 0.1) is 0 Å². The molecule has 2 N–H and O–H groups in total. The largest absolute Gasteiger partial charge is 0.486 e. The van der Waals surface area contributed by atoms with Crippen molar-refractivity contribution in [3.63, 3.8) is 0 Å². The molecule has 1 aromatic carbocycles. The van der Waals surface area contributed by atoms with Gasteiger partial charge in [-0.1, -0.05) is 18.2 Å². The van der Waals surface area contributed by atoms with Gasteiger partial charge in [0.2, 0.25) is 0 Å². The topological polar surface area (TPSA) is 48.1 Å². The molecule has 0 aliphatic rings. The summed E-state index contributed by atoms with van der Waals surface area (Å²) in [5, 5.41) is 3.04. The molecule has 18 heavy (non-hydrogen) atoms. The molecule has 0 bridgehead atoms.